The molecule has 0 aliphatic heterocycles. The number of esters is 1. The molecule has 1 N–H and O–H groups in total. The van der Waals surface area contributed by atoms with E-state index in [-0.39, 0.29) is 12.5 Å². The van der Waals surface area contributed by atoms with Crippen molar-refractivity contribution in [1.82, 2.24) is 0 Å². The summed E-state index contributed by atoms with van der Waals surface area (Å²) in [6.45, 7) is 3.81. The monoisotopic (exact) mass is 297 g/mol. The first-order valence-corrected chi connectivity index (χ1v) is 7.19. The first-order chi connectivity index (χ1) is 10.6. The summed E-state index contributed by atoms with van der Waals surface area (Å²) >= 11 is 0. The van der Waals surface area contributed by atoms with E-state index in [2.05, 4.69) is 19.2 Å². The lowest BCUT2D eigenvalue weighted by molar-refractivity contribution is -0.119. The van der Waals surface area contributed by atoms with Gasteiger partial charge in [0.25, 0.3) is 5.91 Å². The highest BCUT2D eigenvalue weighted by molar-refractivity contribution is 5.95. The molecule has 22 heavy (non-hydrogen) atoms. The molecule has 0 spiro atoms. The van der Waals surface area contributed by atoms with Crippen LogP contribution in [0.25, 0.3) is 0 Å². The zero-order valence-corrected chi connectivity index (χ0v) is 12.7. The second kappa shape index (κ2) is 7.41. The molecule has 4 heteroatoms. The maximum atomic E-state index is 11.9. The van der Waals surface area contributed by atoms with E-state index < -0.39 is 5.97 Å². The van der Waals surface area contributed by atoms with Gasteiger partial charge in [-0.25, -0.2) is 4.79 Å². The Morgan fingerprint density at radius 2 is 1.64 bits per heavy atom. The van der Waals surface area contributed by atoms with Crippen molar-refractivity contribution in [3.8, 4) is 0 Å². The number of benzene rings is 2. The first kappa shape index (κ1) is 15.8. The summed E-state index contributed by atoms with van der Waals surface area (Å²) in [4.78, 5) is 23.7. The minimum absolute atomic E-state index is 0.295. The lowest BCUT2D eigenvalue weighted by Gasteiger charge is -2.13. The predicted octanol–water partition coefficient (Wildman–Crippen LogP) is 3.61. The van der Waals surface area contributed by atoms with Crippen molar-refractivity contribution in [2.45, 2.75) is 19.8 Å². The summed E-state index contributed by atoms with van der Waals surface area (Å²) in [7, 11) is 0. The van der Waals surface area contributed by atoms with Gasteiger partial charge in [0.2, 0.25) is 0 Å². The Morgan fingerprint density at radius 3 is 2.32 bits per heavy atom. The van der Waals surface area contributed by atoms with E-state index in [1.807, 2.05) is 30.3 Å². The molecule has 0 aliphatic carbocycles. The topological polar surface area (TPSA) is 55.4 Å². The van der Waals surface area contributed by atoms with E-state index in [0.717, 1.165) is 11.3 Å². The van der Waals surface area contributed by atoms with E-state index in [0.29, 0.717) is 11.5 Å². The Kier molecular flexibility index (Phi) is 5.31. The average Bonchev–Trinajstić information content (AvgIpc) is 2.53. The fourth-order valence-corrected chi connectivity index (χ4v) is 2.09. The highest BCUT2D eigenvalue weighted by Crippen LogP contribution is 2.23. The minimum Gasteiger partial charge on any atom is -0.452 e. The number of hydrogen-bond acceptors (Lipinski definition) is 3. The van der Waals surface area contributed by atoms with Crippen molar-refractivity contribution >= 4 is 17.6 Å². The van der Waals surface area contributed by atoms with Crippen molar-refractivity contribution in [2.75, 3.05) is 11.9 Å². The molecule has 0 bridgehead atoms. The van der Waals surface area contributed by atoms with Crippen LogP contribution in [0.5, 0.6) is 0 Å². The number of nitrogens with one attached hydrogen (secondary N) is 1. The zero-order chi connectivity index (χ0) is 15.9. The third-order valence-electron chi connectivity index (χ3n) is 3.20. The van der Waals surface area contributed by atoms with Gasteiger partial charge in [-0.2, -0.15) is 0 Å². The molecular weight excluding hydrogens is 278 g/mol. The number of ether oxygens (including phenoxy) is 1. The van der Waals surface area contributed by atoms with Crippen molar-refractivity contribution in [2.24, 2.45) is 0 Å². The molecule has 0 atom stereocenters. The van der Waals surface area contributed by atoms with Gasteiger partial charge in [0.1, 0.15) is 0 Å². The van der Waals surface area contributed by atoms with Crippen LogP contribution in [0.1, 0.15) is 35.7 Å². The number of para-hydroxylation sites is 1. The van der Waals surface area contributed by atoms with Crippen molar-refractivity contribution in [1.29, 1.82) is 0 Å². The molecule has 0 saturated heterocycles. The standard InChI is InChI=1S/C18H19NO3/c1-13(2)15-10-6-7-11-16(15)19-17(20)12-22-18(21)14-8-4-3-5-9-14/h3-11,13H,12H2,1-2H3,(H,19,20). The quantitative estimate of drug-likeness (QED) is 0.858. The maximum absolute atomic E-state index is 11.9. The second-order valence-electron chi connectivity index (χ2n) is 5.23. The van der Waals surface area contributed by atoms with Gasteiger partial charge in [0, 0.05) is 5.69 Å². The lowest BCUT2D eigenvalue weighted by Crippen LogP contribution is -2.21. The summed E-state index contributed by atoms with van der Waals surface area (Å²) < 4.78 is 5.01. The molecule has 0 aromatic heterocycles. The van der Waals surface area contributed by atoms with Gasteiger partial charge >= 0.3 is 5.97 Å². The van der Waals surface area contributed by atoms with Crippen LogP contribution in [-0.2, 0) is 9.53 Å². The number of carbonyl (C=O) groups excluding carboxylic acids is 2. The largest absolute Gasteiger partial charge is 0.452 e. The Bertz CT molecular complexity index is 650. The molecule has 2 aromatic carbocycles. The van der Waals surface area contributed by atoms with Gasteiger partial charge in [0.15, 0.2) is 6.61 Å². The van der Waals surface area contributed by atoms with E-state index in [1.54, 1.807) is 24.3 Å². The van der Waals surface area contributed by atoms with Gasteiger partial charge in [-0.05, 0) is 29.7 Å². The lowest BCUT2D eigenvalue weighted by atomic mass is 10.0. The third-order valence-corrected chi connectivity index (χ3v) is 3.20. The van der Waals surface area contributed by atoms with Crippen LogP contribution < -0.4 is 5.32 Å². The van der Waals surface area contributed by atoms with Crippen molar-refractivity contribution < 1.29 is 14.3 Å². The SMILES string of the molecule is CC(C)c1ccccc1NC(=O)COC(=O)c1ccccc1. The summed E-state index contributed by atoms with van der Waals surface area (Å²) in [6, 6.07) is 16.2. The summed E-state index contributed by atoms with van der Waals surface area (Å²) in [5.41, 5.74) is 2.22. The Labute approximate surface area is 130 Å². The first-order valence-electron chi connectivity index (χ1n) is 7.19. The van der Waals surface area contributed by atoms with Crippen LogP contribution in [0.4, 0.5) is 5.69 Å². The molecule has 2 aromatic rings. The normalized spacial score (nSPS) is 10.3. The molecule has 0 saturated carbocycles. The van der Waals surface area contributed by atoms with Crippen LogP contribution >= 0.6 is 0 Å². The molecule has 0 radical (unpaired) electrons. The van der Waals surface area contributed by atoms with E-state index in [9.17, 15) is 9.59 Å². The van der Waals surface area contributed by atoms with Crippen molar-refractivity contribution in [3.63, 3.8) is 0 Å². The fourth-order valence-electron chi connectivity index (χ4n) is 2.09. The van der Waals surface area contributed by atoms with Crippen LogP contribution in [-0.4, -0.2) is 18.5 Å². The minimum atomic E-state index is -0.507. The third kappa shape index (κ3) is 4.19. The maximum Gasteiger partial charge on any atom is 0.338 e. The molecular formula is C18H19NO3. The van der Waals surface area contributed by atoms with Gasteiger partial charge in [0.05, 0.1) is 5.56 Å². The van der Waals surface area contributed by atoms with Gasteiger partial charge in [-0.3, -0.25) is 4.79 Å². The van der Waals surface area contributed by atoms with E-state index in [4.69, 9.17) is 4.74 Å². The fraction of sp³-hybridized carbons (Fsp3) is 0.222. The molecule has 4 nitrogen and oxygen atoms in total. The van der Waals surface area contributed by atoms with Gasteiger partial charge < -0.3 is 10.1 Å². The Hall–Kier alpha value is -2.62. The summed E-state index contributed by atoms with van der Waals surface area (Å²) in [5, 5.41) is 2.78. The van der Waals surface area contributed by atoms with Crippen LogP contribution in [0, 0.1) is 0 Å². The molecule has 0 heterocycles. The highest BCUT2D eigenvalue weighted by atomic mass is 16.5. The average molecular weight is 297 g/mol. The predicted molar refractivity (Wildman–Crippen MR) is 85.9 cm³/mol. The number of amides is 1. The molecule has 0 fully saturated rings. The number of anilines is 1. The molecule has 0 unspecified atom stereocenters. The molecule has 2 rings (SSSR count). The van der Waals surface area contributed by atoms with E-state index >= 15 is 0 Å². The Balaban J connectivity index is 1.93. The number of rotatable bonds is 5. The highest BCUT2D eigenvalue weighted by Gasteiger charge is 2.12. The smallest absolute Gasteiger partial charge is 0.338 e. The van der Waals surface area contributed by atoms with Crippen LogP contribution in [0.2, 0.25) is 0 Å². The molecule has 1 amide bonds. The van der Waals surface area contributed by atoms with Crippen LogP contribution in [0.3, 0.4) is 0 Å². The van der Waals surface area contributed by atoms with E-state index in [1.165, 1.54) is 0 Å². The number of hydrogen-bond donors (Lipinski definition) is 1. The second-order valence-corrected chi connectivity index (χ2v) is 5.23. The molecule has 114 valence electrons. The van der Waals surface area contributed by atoms with Crippen LogP contribution in [0.15, 0.2) is 54.6 Å². The van der Waals surface area contributed by atoms with Crippen molar-refractivity contribution in [3.05, 3.63) is 65.7 Å². The number of carbonyl (C=O) groups is 2. The summed E-state index contributed by atoms with van der Waals surface area (Å²) in [6.07, 6.45) is 0. The zero-order valence-electron chi connectivity index (χ0n) is 12.7. The van der Waals surface area contributed by atoms with Gasteiger partial charge in [-0.15, -0.1) is 0 Å². The Morgan fingerprint density at radius 1 is 1.00 bits per heavy atom. The van der Waals surface area contributed by atoms with Gasteiger partial charge in [-0.1, -0.05) is 50.2 Å². The summed E-state index contributed by atoms with van der Waals surface area (Å²) in [5.74, 6) is -0.561. The molecule has 0 aliphatic rings.